The Hall–Kier alpha value is -2.42. The van der Waals surface area contributed by atoms with Crippen LogP contribution < -0.4 is 14.8 Å². The Morgan fingerprint density at radius 1 is 1.24 bits per heavy atom. The van der Waals surface area contributed by atoms with Gasteiger partial charge in [-0.2, -0.15) is 18.2 Å². The molecule has 1 aromatic carbocycles. The van der Waals surface area contributed by atoms with E-state index in [4.69, 9.17) is 14.2 Å². The van der Waals surface area contributed by atoms with E-state index < -0.39 is 50.8 Å². The number of nitrogens with one attached hydrogen (secondary N) is 2. The highest BCUT2D eigenvalue weighted by Gasteiger charge is 2.40. The fourth-order valence-corrected chi connectivity index (χ4v) is 4.19. The first-order valence-corrected chi connectivity index (χ1v) is 9.63. The Labute approximate surface area is 164 Å². The summed E-state index contributed by atoms with van der Waals surface area (Å²) in [7, 11) is -0.867. The molecule has 0 aliphatic carbocycles. The van der Waals surface area contributed by atoms with Gasteiger partial charge in [0.1, 0.15) is 16.7 Å². The molecule has 3 rings (SSSR count). The molecule has 1 aliphatic heterocycles. The van der Waals surface area contributed by atoms with E-state index in [-0.39, 0.29) is 5.82 Å². The molecule has 2 heterocycles. The van der Waals surface area contributed by atoms with Gasteiger partial charge in [0, 0.05) is 20.8 Å². The lowest BCUT2D eigenvalue weighted by molar-refractivity contribution is -0.140. The van der Waals surface area contributed by atoms with Crippen molar-refractivity contribution in [2.45, 2.75) is 23.5 Å². The number of fused-ring (bicyclic) bond motifs is 1. The van der Waals surface area contributed by atoms with Crippen molar-refractivity contribution in [3.8, 4) is 5.75 Å². The van der Waals surface area contributed by atoms with E-state index in [1.165, 1.54) is 18.9 Å². The van der Waals surface area contributed by atoms with Crippen molar-refractivity contribution in [3.05, 3.63) is 29.6 Å². The summed E-state index contributed by atoms with van der Waals surface area (Å²) >= 11 is 0. The van der Waals surface area contributed by atoms with Gasteiger partial charge in [-0.25, -0.2) is 17.8 Å². The number of hydrogen-bond acceptors (Lipinski definition) is 8. The average molecular weight is 437 g/mol. The zero-order valence-electron chi connectivity index (χ0n) is 15.5. The van der Waals surface area contributed by atoms with E-state index in [9.17, 15) is 21.6 Å². The molecule has 0 fully saturated rings. The Bertz CT molecular complexity index is 965. The third-order valence-corrected chi connectivity index (χ3v) is 5.56. The summed E-state index contributed by atoms with van der Waals surface area (Å²) in [5.41, 5.74) is -1.38. The third kappa shape index (κ3) is 4.01. The number of ether oxygens (including phenoxy) is 3. The molecular weight excluding hydrogens is 419 g/mol. The number of rotatable bonds is 6. The molecule has 0 saturated carbocycles. The average Bonchev–Trinajstić information content (AvgIpc) is 3.08. The number of benzene rings is 1. The van der Waals surface area contributed by atoms with Gasteiger partial charge in [-0.15, -0.1) is 5.10 Å². The topological polar surface area (TPSA) is 117 Å². The first-order valence-electron chi connectivity index (χ1n) is 8.14. The number of sulfonamides is 1. The molecule has 0 saturated heterocycles. The van der Waals surface area contributed by atoms with Crippen LogP contribution in [0.4, 0.5) is 19.1 Å². The number of hydrogen-bond donors (Lipinski definition) is 2. The summed E-state index contributed by atoms with van der Waals surface area (Å²) in [5.74, 6) is -0.666. The molecule has 2 aromatic rings. The smallest absolute Gasteiger partial charge is 0.417 e. The van der Waals surface area contributed by atoms with E-state index in [2.05, 4.69) is 15.4 Å². The van der Waals surface area contributed by atoms with Crippen LogP contribution in [0.15, 0.2) is 23.1 Å². The second kappa shape index (κ2) is 7.78. The molecule has 1 aliphatic rings. The Morgan fingerprint density at radius 3 is 2.55 bits per heavy atom. The van der Waals surface area contributed by atoms with E-state index in [1.807, 2.05) is 4.72 Å². The highest BCUT2D eigenvalue weighted by atomic mass is 32.2. The summed E-state index contributed by atoms with van der Waals surface area (Å²) in [5, 5.41) is 6.93. The molecule has 0 bridgehead atoms. The first-order chi connectivity index (χ1) is 13.6. The van der Waals surface area contributed by atoms with Gasteiger partial charge in [0.05, 0.1) is 12.7 Å². The molecule has 0 radical (unpaired) electrons. The van der Waals surface area contributed by atoms with Gasteiger partial charge in [-0.05, 0) is 12.1 Å². The number of anilines is 1. The van der Waals surface area contributed by atoms with Crippen LogP contribution in [-0.2, 0) is 25.7 Å². The molecule has 0 spiro atoms. The second-order valence-corrected chi connectivity index (χ2v) is 7.52. The van der Waals surface area contributed by atoms with Crippen LogP contribution in [0.5, 0.6) is 5.75 Å². The fraction of sp³-hybridized carbons (Fsp3) is 0.467. The molecule has 2 N–H and O–H groups in total. The standard InChI is InChI=1S/C15H18F3N5O5S/c1-26-9-6-4-5-8(15(16,17)18)11(9)29(24,25)22-13-20-12-10(27-2)7-19-14(28-3)23(12)21-13/h4-6,10,14,19H,7H2,1-3H3,(H,21,22). The van der Waals surface area contributed by atoms with Crippen molar-refractivity contribution < 1.29 is 35.8 Å². The van der Waals surface area contributed by atoms with Crippen molar-refractivity contribution in [2.24, 2.45) is 0 Å². The maximum Gasteiger partial charge on any atom is 0.417 e. The van der Waals surface area contributed by atoms with Gasteiger partial charge in [-0.1, -0.05) is 6.07 Å². The minimum Gasteiger partial charge on any atom is -0.495 e. The number of methoxy groups -OCH3 is 3. The van der Waals surface area contributed by atoms with Crippen molar-refractivity contribution in [1.82, 2.24) is 20.1 Å². The fourth-order valence-electron chi connectivity index (χ4n) is 2.88. The first kappa shape index (κ1) is 21.3. The second-order valence-electron chi connectivity index (χ2n) is 5.90. The largest absolute Gasteiger partial charge is 0.495 e. The van der Waals surface area contributed by atoms with E-state index in [1.54, 1.807) is 0 Å². The maximum atomic E-state index is 13.4. The van der Waals surface area contributed by atoms with Gasteiger partial charge >= 0.3 is 6.18 Å². The van der Waals surface area contributed by atoms with Crippen LogP contribution in [0.1, 0.15) is 23.8 Å². The van der Waals surface area contributed by atoms with E-state index in [0.29, 0.717) is 12.6 Å². The van der Waals surface area contributed by atoms with E-state index >= 15 is 0 Å². The lowest BCUT2D eigenvalue weighted by atomic mass is 10.2. The Morgan fingerprint density at radius 2 is 1.97 bits per heavy atom. The molecule has 2 unspecified atom stereocenters. The molecule has 0 amide bonds. The highest BCUT2D eigenvalue weighted by molar-refractivity contribution is 7.92. The van der Waals surface area contributed by atoms with E-state index in [0.717, 1.165) is 19.2 Å². The van der Waals surface area contributed by atoms with Crippen molar-refractivity contribution >= 4 is 16.0 Å². The summed E-state index contributed by atoms with van der Waals surface area (Å²) in [6, 6.07) is 2.81. The summed E-state index contributed by atoms with van der Waals surface area (Å²) in [4.78, 5) is 2.99. The van der Waals surface area contributed by atoms with Crippen LogP contribution in [0, 0.1) is 0 Å². The number of alkyl halides is 3. The highest BCUT2D eigenvalue weighted by Crippen LogP contribution is 2.39. The summed E-state index contributed by atoms with van der Waals surface area (Å²) in [6.45, 7) is 0.310. The van der Waals surface area contributed by atoms with Crippen LogP contribution in [0.2, 0.25) is 0 Å². The molecular formula is C15H18F3N5O5S. The minimum atomic E-state index is -4.92. The zero-order chi connectivity index (χ0) is 21.4. The third-order valence-electron chi connectivity index (χ3n) is 4.15. The van der Waals surface area contributed by atoms with Crippen molar-refractivity contribution in [2.75, 3.05) is 32.6 Å². The summed E-state index contributed by atoms with van der Waals surface area (Å²) < 4.78 is 84.3. The SMILES string of the molecule is COc1cccc(C(F)(F)F)c1S(=O)(=O)Nc1nc2n(n1)C(OC)NCC2OC. The van der Waals surface area contributed by atoms with Crippen LogP contribution in [0.3, 0.4) is 0 Å². The number of halogens is 3. The van der Waals surface area contributed by atoms with Gasteiger partial charge in [0.15, 0.2) is 5.82 Å². The van der Waals surface area contributed by atoms with Crippen LogP contribution in [0.25, 0.3) is 0 Å². The predicted octanol–water partition coefficient (Wildman–Crippen LogP) is 1.50. The lowest BCUT2D eigenvalue weighted by Crippen LogP contribution is -2.40. The number of nitrogens with zero attached hydrogens (tertiary/aromatic N) is 3. The zero-order valence-corrected chi connectivity index (χ0v) is 16.3. The Kier molecular flexibility index (Phi) is 5.71. The van der Waals surface area contributed by atoms with Gasteiger partial charge in [-0.3, -0.25) is 5.32 Å². The Balaban J connectivity index is 2.05. The van der Waals surface area contributed by atoms with Gasteiger partial charge < -0.3 is 14.2 Å². The number of aromatic nitrogens is 3. The molecule has 1 aromatic heterocycles. The van der Waals surface area contributed by atoms with Crippen LogP contribution >= 0.6 is 0 Å². The molecule has 14 heteroatoms. The molecule has 160 valence electrons. The van der Waals surface area contributed by atoms with Crippen molar-refractivity contribution in [3.63, 3.8) is 0 Å². The normalized spacial score (nSPS) is 19.7. The quantitative estimate of drug-likeness (QED) is 0.699. The molecule has 10 nitrogen and oxygen atoms in total. The minimum absolute atomic E-state index is 0.242. The predicted molar refractivity (Wildman–Crippen MR) is 92.6 cm³/mol. The summed E-state index contributed by atoms with van der Waals surface area (Å²) in [6.07, 6.45) is -6.24. The maximum absolute atomic E-state index is 13.4. The van der Waals surface area contributed by atoms with Crippen molar-refractivity contribution in [1.29, 1.82) is 0 Å². The van der Waals surface area contributed by atoms with Gasteiger partial charge in [0.2, 0.25) is 6.35 Å². The van der Waals surface area contributed by atoms with Gasteiger partial charge in [0.25, 0.3) is 16.0 Å². The monoisotopic (exact) mass is 437 g/mol. The molecule has 29 heavy (non-hydrogen) atoms. The molecule has 2 atom stereocenters. The van der Waals surface area contributed by atoms with Crippen LogP contribution in [-0.4, -0.2) is 51.1 Å². The lowest BCUT2D eigenvalue weighted by Gasteiger charge is -2.27.